The van der Waals surface area contributed by atoms with Crippen LogP contribution in [0.5, 0.6) is 0 Å². The van der Waals surface area contributed by atoms with Crippen LogP contribution in [0.2, 0.25) is 0 Å². The van der Waals surface area contributed by atoms with E-state index >= 15 is 0 Å². The molecule has 0 aromatic rings. The molecule has 31 heavy (non-hydrogen) atoms. The van der Waals surface area contributed by atoms with Crippen molar-refractivity contribution >= 4 is 119 Å². The average molecular weight is 908 g/mol. The van der Waals surface area contributed by atoms with E-state index in [1.807, 2.05) is 0 Å². The topological polar surface area (TPSA) is 144 Å². The van der Waals surface area contributed by atoms with Crippen molar-refractivity contribution in [1.29, 1.82) is 0 Å². The molecule has 0 aromatic heterocycles. The fraction of sp³-hybridized carbons (Fsp3) is 1.00. The van der Waals surface area contributed by atoms with Crippen LogP contribution in [0.15, 0.2) is 0 Å². The monoisotopic (exact) mass is 906 g/mol. The number of halogens is 8. The Labute approximate surface area is 274 Å². The first-order chi connectivity index (χ1) is 13.3. The molecule has 0 aromatic carbocycles. The Balaban J connectivity index is -0.0000000344. The molecule has 2 atom stereocenters. The molecule has 0 spiro atoms. The summed E-state index contributed by atoms with van der Waals surface area (Å²) in [6, 6.07) is 0. The molecule has 1 saturated heterocycles. The first kappa shape index (κ1) is 55.8. The normalized spacial score (nSPS) is 13.0. The summed E-state index contributed by atoms with van der Waals surface area (Å²) in [6.07, 6.45) is 0.162. The third kappa shape index (κ3) is 78.9. The first-order valence-corrected chi connectivity index (χ1v) is 17.0. The van der Waals surface area contributed by atoms with Crippen LogP contribution in [-0.4, -0.2) is 105 Å². The zero-order valence-corrected chi connectivity index (χ0v) is 30.2. The number of alkyl halides is 5. The summed E-state index contributed by atoms with van der Waals surface area (Å²) in [5, 5.41) is 40.3. The van der Waals surface area contributed by atoms with Crippen molar-refractivity contribution in [3.63, 3.8) is 0 Å². The predicted octanol–water partition coefficient (Wildman–Crippen LogP) is 1.24. The number of hydrogen-bond acceptors (Lipinski definition) is 7. The van der Waals surface area contributed by atoms with E-state index < -0.39 is 12.2 Å². The molecule has 194 valence electrons. The fourth-order valence-corrected chi connectivity index (χ4v) is 0.911. The number of hydrogen-bond donors (Lipinski definition) is 5. The molecule has 1 aliphatic heterocycles. The average Bonchev–Trinajstić information content (AvgIpc) is 3.59. The van der Waals surface area contributed by atoms with E-state index in [0.29, 0.717) is 17.9 Å². The van der Waals surface area contributed by atoms with Gasteiger partial charge >= 0.3 is 29.6 Å². The molecule has 1 rings (SSSR count). The Hall–Kier alpha value is 4.36. The van der Waals surface area contributed by atoms with Gasteiger partial charge in [0.1, 0.15) is 6.10 Å². The summed E-state index contributed by atoms with van der Waals surface area (Å²) in [5.41, 5.74) is 0. The van der Waals surface area contributed by atoms with Crippen molar-refractivity contribution in [2.24, 2.45) is 0 Å². The maximum Gasteiger partial charge on any atom is 1.00 e. The summed E-state index contributed by atoms with van der Waals surface area (Å²) in [7, 11) is 0. The third-order valence-electron chi connectivity index (χ3n) is 1.72. The summed E-state index contributed by atoms with van der Waals surface area (Å²) in [4.78, 5) is 0. The van der Waals surface area contributed by atoms with E-state index in [9.17, 15) is 0 Å². The van der Waals surface area contributed by atoms with Crippen LogP contribution < -0.4 is 29.6 Å². The SMILES string of the molecule is CCC.ClCC1CO1.I.II.OC(CCl)CCl.OCC(Cl)CCl.OCC(O)CO.[Na+].[OH-]. The van der Waals surface area contributed by atoms with Crippen LogP contribution >= 0.6 is 119 Å². The second-order valence-corrected chi connectivity index (χ2v) is 6.58. The van der Waals surface area contributed by atoms with Crippen molar-refractivity contribution in [2.75, 3.05) is 49.9 Å². The Kier molecular flexibility index (Phi) is 99.0. The van der Waals surface area contributed by atoms with Crippen LogP contribution in [0.4, 0.5) is 0 Å². The molecule has 6 N–H and O–H groups in total. The molecule has 16 heteroatoms. The Bertz CT molecular complexity index is 215. The minimum absolute atomic E-state index is 0. The van der Waals surface area contributed by atoms with Gasteiger partial charge in [0.25, 0.3) is 0 Å². The molecule has 0 aliphatic carbocycles. The van der Waals surface area contributed by atoms with E-state index in [-0.39, 0.29) is 96.0 Å². The van der Waals surface area contributed by atoms with Gasteiger partial charge in [0.05, 0.1) is 49.9 Å². The maximum absolute atomic E-state index is 8.40. The van der Waals surface area contributed by atoms with Gasteiger partial charge in [0.2, 0.25) is 0 Å². The molecule has 0 bridgehead atoms. The minimum Gasteiger partial charge on any atom is -0.870 e. The smallest absolute Gasteiger partial charge is 0.870 e. The summed E-state index contributed by atoms with van der Waals surface area (Å²) < 4.78 is 4.73. The summed E-state index contributed by atoms with van der Waals surface area (Å²) in [5.74, 6) is 1.44. The maximum atomic E-state index is 8.40. The second-order valence-electron chi connectivity index (χ2n) is 4.73. The molecule has 7 nitrogen and oxygen atoms in total. The van der Waals surface area contributed by atoms with Crippen LogP contribution in [-0.2, 0) is 4.74 Å². The van der Waals surface area contributed by atoms with E-state index in [2.05, 4.69) is 51.1 Å². The van der Waals surface area contributed by atoms with Crippen molar-refractivity contribution in [2.45, 2.75) is 44.0 Å². The van der Waals surface area contributed by atoms with Gasteiger partial charge in [-0.25, -0.2) is 0 Å². The van der Waals surface area contributed by atoms with Gasteiger partial charge in [-0.15, -0.1) is 82.0 Å². The van der Waals surface area contributed by atoms with Gasteiger partial charge in [0.15, 0.2) is 0 Å². The van der Waals surface area contributed by atoms with Crippen LogP contribution in [0.25, 0.3) is 0 Å². The number of rotatable bonds is 7. The van der Waals surface area contributed by atoms with Gasteiger partial charge in [0, 0.05) is 54.9 Å². The summed E-state index contributed by atoms with van der Waals surface area (Å²) >= 11 is 30.2. The zero-order chi connectivity index (χ0) is 23.4. The first-order valence-electron chi connectivity index (χ1n) is 8.10. The standard InChI is InChI=1S/2C3H6Cl2O.C3H5ClO.C3H8O3.C3H8.I2.HI.Na.H2O/c4-1-3(5)2-6;4-1-3(6)2-5;4-1-3-2-5-3;4-1-3(6)2-5;1-3-2;1-2;;;/h2*3,6H,1-2H2;3H,1-2H2;3-6H,1-2H2;3H2,1-2H3;;1H;;1H2/q;;;;;;;+1;/p-1. The largest absolute Gasteiger partial charge is 1.00 e. The molecule has 0 saturated carbocycles. The van der Waals surface area contributed by atoms with Crippen molar-refractivity contribution in [1.82, 2.24) is 0 Å². The van der Waals surface area contributed by atoms with Crippen LogP contribution in [0.1, 0.15) is 20.3 Å². The van der Waals surface area contributed by atoms with Crippen molar-refractivity contribution in [3.05, 3.63) is 0 Å². The van der Waals surface area contributed by atoms with Crippen molar-refractivity contribution in [3.8, 4) is 0 Å². The quantitative estimate of drug-likeness (QED) is 0.112. The fourth-order valence-electron chi connectivity index (χ4n) is 0.305. The number of ether oxygens (including phenoxy) is 1. The van der Waals surface area contributed by atoms with Gasteiger partial charge in [-0.05, 0) is 0 Å². The van der Waals surface area contributed by atoms with E-state index in [0.717, 1.165) is 6.61 Å². The van der Waals surface area contributed by atoms with Gasteiger partial charge in [-0.2, -0.15) is 0 Å². The molecule has 1 heterocycles. The number of aliphatic hydroxyl groups excluding tert-OH is 5. The zero-order valence-electron chi connectivity index (χ0n) is 17.8. The van der Waals surface area contributed by atoms with Crippen LogP contribution in [0.3, 0.4) is 0 Å². The Morgan fingerprint density at radius 1 is 0.871 bits per heavy atom. The molecule has 2 unspecified atom stereocenters. The molecule has 0 radical (unpaired) electrons. The Morgan fingerprint density at radius 2 is 1.19 bits per heavy atom. The van der Waals surface area contributed by atoms with E-state index in [1.165, 1.54) is 6.42 Å². The summed E-state index contributed by atoms with van der Waals surface area (Å²) in [6.45, 7) is 4.36. The molecule has 1 aliphatic rings. The van der Waals surface area contributed by atoms with Crippen LogP contribution in [0, 0.1) is 0 Å². The van der Waals surface area contributed by atoms with Gasteiger partial charge < -0.3 is 35.7 Å². The molecule has 1 fully saturated rings. The van der Waals surface area contributed by atoms with Gasteiger partial charge in [-0.1, -0.05) is 20.3 Å². The Morgan fingerprint density at radius 3 is 1.19 bits per heavy atom. The predicted molar refractivity (Wildman–Crippen MR) is 157 cm³/mol. The second kappa shape index (κ2) is 55.0. The molecular formula is C15H35Cl5I3NaO7. The minimum atomic E-state index is -0.954. The third-order valence-corrected chi connectivity index (χ3v) is 3.60. The molecule has 0 amide bonds. The van der Waals surface area contributed by atoms with Crippen molar-refractivity contribution < 1.29 is 65.3 Å². The number of aliphatic hydroxyl groups is 5. The van der Waals surface area contributed by atoms with E-state index in [4.69, 9.17) is 88.3 Å². The van der Waals surface area contributed by atoms with Gasteiger partial charge in [-0.3, -0.25) is 0 Å². The number of epoxide rings is 1. The van der Waals surface area contributed by atoms with E-state index in [1.54, 1.807) is 0 Å². The molecular weight excluding hydrogens is 873 g/mol.